The second-order valence-corrected chi connectivity index (χ2v) is 8.82. The first kappa shape index (κ1) is 24.6. The zero-order chi connectivity index (χ0) is 24.9. The number of hydrogen-bond acceptors (Lipinski definition) is 5. The molecule has 35 heavy (non-hydrogen) atoms. The first-order valence-corrected chi connectivity index (χ1v) is 12.5. The highest BCUT2D eigenvalue weighted by Gasteiger charge is 2.40. The van der Waals surface area contributed by atoms with Gasteiger partial charge in [-0.15, -0.1) is 0 Å². The molecule has 0 aromatic heterocycles. The van der Waals surface area contributed by atoms with Crippen LogP contribution in [0.2, 0.25) is 0 Å². The fraction of sp³-hybridized carbons (Fsp3) is 0.444. The average Bonchev–Trinajstić information content (AvgIpc) is 2.88. The lowest BCUT2D eigenvalue weighted by molar-refractivity contribution is -0.123. The van der Waals surface area contributed by atoms with Gasteiger partial charge in [-0.2, -0.15) is 0 Å². The second kappa shape index (κ2) is 10.8. The van der Waals surface area contributed by atoms with Crippen LogP contribution < -0.4 is 19.9 Å². The van der Waals surface area contributed by atoms with Crippen molar-refractivity contribution in [1.82, 2.24) is 4.90 Å². The van der Waals surface area contributed by atoms with Crippen LogP contribution in [0.4, 0.5) is 17.1 Å². The molecular formula is C27H34N4O4. The standard InChI is InChI=1S/C27H34N4O4/c1-4-29(5-2)26(33)19-10-15-22-24(17-19)31(27(34)23-9-7-8-16-30(22)23)18-25(32)28-20-11-13-21(14-12-20)35-6-3/h10-15,17,23H,4-9,16,18H2,1-3H3,(H,28,32)/t23-/m0/s1. The molecule has 2 aliphatic heterocycles. The minimum Gasteiger partial charge on any atom is -0.494 e. The number of fused-ring (bicyclic) bond motifs is 3. The normalized spacial score (nSPS) is 16.9. The molecule has 2 aromatic rings. The smallest absolute Gasteiger partial charge is 0.253 e. The number of ether oxygens (including phenoxy) is 1. The van der Waals surface area contributed by atoms with Crippen LogP contribution in [0.1, 0.15) is 50.4 Å². The average molecular weight is 479 g/mol. The van der Waals surface area contributed by atoms with E-state index in [0.717, 1.165) is 37.2 Å². The number of anilines is 3. The lowest BCUT2D eigenvalue weighted by Crippen LogP contribution is -2.56. The van der Waals surface area contributed by atoms with E-state index in [2.05, 4.69) is 10.2 Å². The molecule has 0 saturated carbocycles. The quantitative estimate of drug-likeness (QED) is 0.622. The number of carbonyl (C=O) groups excluding carboxylic acids is 3. The number of hydrogen-bond donors (Lipinski definition) is 1. The van der Waals surface area contributed by atoms with E-state index in [1.807, 2.05) is 32.9 Å². The largest absolute Gasteiger partial charge is 0.494 e. The molecule has 0 aliphatic carbocycles. The van der Waals surface area contributed by atoms with Crippen LogP contribution in [0.5, 0.6) is 5.75 Å². The predicted octanol–water partition coefficient (Wildman–Crippen LogP) is 3.91. The molecule has 4 rings (SSSR count). The van der Waals surface area contributed by atoms with Crippen LogP contribution in [-0.4, -0.2) is 61.4 Å². The van der Waals surface area contributed by atoms with Crippen molar-refractivity contribution in [1.29, 1.82) is 0 Å². The van der Waals surface area contributed by atoms with Gasteiger partial charge in [-0.1, -0.05) is 0 Å². The lowest BCUT2D eigenvalue weighted by atomic mass is 9.95. The highest BCUT2D eigenvalue weighted by atomic mass is 16.5. The molecule has 3 amide bonds. The van der Waals surface area contributed by atoms with Crippen molar-refractivity contribution >= 4 is 34.8 Å². The summed E-state index contributed by atoms with van der Waals surface area (Å²) in [4.78, 5) is 45.0. The Hall–Kier alpha value is -3.55. The molecule has 186 valence electrons. The van der Waals surface area contributed by atoms with Gasteiger partial charge in [-0.05, 0) is 82.5 Å². The van der Waals surface area contributed by atoms with E-state index >= 15 is 0 Å². The summed E-state index contributed by atoms with van der Waals surface area (Å²) < 4.78 is 5.45. The third-order valence-corrected chi connectivity index (χ3v) is 6.68. The van der Waals surface area contributed by atoms with Crippen molar-refractivity contribution < 1.29 is 19.1 Å². The molecule has 1 saturated heterocycles. The molecule has 0 radical (unpaired) electrons. The molecule has 8 heteroatoms. The number of rotatable bonds is 8. The maximum Gasteiger partial charge on any atom is 0.253 e. The van der Waals surface area contributed by atoms with Gasteiger partial charge in [-0.25, -0.2) is 0 Å². The molecule has 1 fully saturated rings. The third kappa shape index (κ3) is 5.11. The maximum absolute atomic E-state index is 13.5. The molecule has 8 nitrogen and oxygen atoms in total. The van der Waals surface area contributed by atoms with Crippen LogP contribution >= 0.6 is 0 Å². The summed E-state index contributed by atoms with van der Waals surface area (Å²) >= 11 is 0. The van der Waals surface area contributed by atoms with Gasteiger partial charge in [0.2, 0.25) is 11.8 Å². The van der Waals surface area contributed by atoms with Crippen molar-refractivity contribution in [2.24, 2.45) is 0 Å². The monoisotopic (exact) mass is 478 g/mol. The van der Waals surface area contributed by atoms with Gasteiger partial charge in [-0.3, -0.25) is 19.3 Å². The summed E-state index contributed by atoms with van der Waals surface area (Å²) in [5.74, 6) is 0.267. The Kier molecular flexibility index (Phi) is 7.58. The van der Waals surface area contributed by atoms with Gasteiger partial charge in [0.25, 0.3) is 5.91 Å². The Morgan fingerprint density at radius 1 is 1.03 bits per heavy atom. The molecule has 0 spiro atoms. The summed E-state index contributed by atoms with van der Waals surface area (Å²) in [7, 11) is 0. The Morgan fingerprint density at radius 2 is 1.77 bits per heavy atom. The zero-order valence-corrected chi connectivity index (χ0v) is 20.8. The number of amides is 3. The van der Waals surface area contributed by atoms with Crippen LogP contribution in [0.3, 0.4) is 0 Å². The molecule has 2 aliphatic rings. The van der Waals surface area contributed by atoms with Gasteiger partial charge in [0.05, 0.1) is 18.0 Å². The molecule has 1 N–H and O–H groups in total. The lowest BCUT2D eigenvalue weighted by Gasteiger charge is -2.45. The van der Waals surface area contributed by atoms with E-state index in [9.17, 15) is 14.4 Å². The Bertz CT molecular complexity index is 1080. The van der Waals surface area contributed by atoms with Crippen LogP contribution in [0.15, 0.2) is 42.5 Å². The summed E-state index contributed by atoms with van der Waals surface area (Å²) in [6.07, 6.45) is 2.75. The molecule has 2 aromatic carbocycles. The van der Waals surface area contributed by atoms with E-state index in [1.165, 1.54) is 0 Å². The fourth-order valence-electron chi connectivity index (χ4n) is 4.89. The number of benzene rings is 2. The molecule has 2 heterocycles. The molecule has 1 atom stereocenters. The summed E-state index contributed by atoms with van der Waals surface area (Å²) in [6.45, 7) is 8.25. The van der Waals surface area contributed by atoms with E-state index in [1.54, 1.807) is 40.1 Å². The minimum absolute atomic E-state index is 0.0789. The SMILES string of the molecule is CCOc1ccc(NC(=O)CN2C(=O)[C@@H]3CCCCN3c3ccc(C(=O)N(CC)CC)cc32)cc1. The predicted molar refractivity (Wildman–Crippen MR) is 137 cm³/mol. The van der Waals surface area contributed by atoms with Gasteiger partial charge in [0, 0.05) is 30.9 Å². The Balaban J connectivity index is 1.61. The highest BCUT2D eigenvalue weighted by molar-refractivity contribution is 6.11. The first-order valence-electron chi connectivity index (χ1n) is 12.5. The molecule has 0 unspecified atom stereocenters. The van der Waals surface area contributed by atoms with Crippen molar-refractivity contribution in [3.05, 3.63) is 48.0 Å². The van der Waals surface area contributed by atoms with Crippen molar-refractivity contribution in [2.45, 2.75) is 46.1 Å². The fourth-order valence-corrected chi connectivity index (χ4v) is 4.89. The Morgan fingerprint density at radius 3 is 2.46 bits per heavy atom. The van der Waals surface area contributed by atoms with Gasteiger partial charge in [0.1, 0.15) is 18.3 Å². The molecular weight excluding hydrogens is 444 g/mol. The zero-order valence-electron chi connectivity index (χ0n) is 20.8. The summed E-state index contributed by atoms with van der Waals surface area (Å²) in [5, 5.41) is 2.88. The van der Waals surface area contributed by atoms with Gasteiger partial charge >= 0.3 is 0 Å². The number of piperidine rings is 1. The number of nitrogens with one attached hydrogen (secondary N) is 1. The number of carbonyl (C=O) groups is 3. The van der Waals surface area contributed by atoms with Crippen molar-refractivity contribution in [3.8, 4) is 5.75 Å². The van der Waals surface area contributed by atoms with E-state index in [-0.39, 0.29) is 30.3 Å². The van der Waals surface area contributed by atoms with Gasteiger partial charge in [0.15, 0.2) is 0 Å². The molecule has 0 bridgehead atoms. The third-order valence-electron chi connectivity index (χ3n) is 6.68. The first-order chi connectivity index (χ1) is 17.0. The van der Waals surface area contributed by atoms with Crippen LogP contribution in [0, 0.1) is 0 Å². The van der Waals surface area contributed by atoms with E-state index in [0.29, 0.717) is 36.6 Å². The van der Waals surface area contributed by atoms with E-state index in [4.69, 9.17) is 4.74 Å². The summed E-state index contributed by atoms with van der Waals surface area (Å²) in [5.41, 5.74) is 2.67. The second-order valence-electron chi connectivity index (χ2n) is 8.82. The maximum atomic E-state index is 13.5. The Labute approximate surface area is 206 Å². The minimum atomic E-state index is -0.293. The van der Waals surface area contributed by atoms with E-state index < -0.39 is 0 Å². The van der Waals surface area contributed by atoms with Crippen LogP contribution in [0.25, 0.3) is 0 Å². The highest BCUT2D eigenvalue weighted by Crippen LogP contribution is 2.40. The van der Waals surface area contributed by atoms with Crippen molar-refractivity contribution in [3.63, 3.8) is 0 Å². The number of nitrogens with zero attached hydrogens (tertiary/aromatic N) is 3. The topological polar surface area (TPSA) is 82.2 Å². The summed E-state index contributed by atoms with van der Waals surface area (Å²) in [6, 6.07) is 12.4. The van der Waals surface area contributed by atoms with Gasteiger partial charge < -0.3 is 19.9 Å². The van der Waals surface area contributed by atoms with Crippen molar-refractivity contribution in [2.75, 3.05) is 47.9 Å². The van der Waals surface area contributed by atoms with Crippen LogP contribution in [-0.2, 0) is 9.59 Å².